The van der Waals surface area contributed by atoms with Crippen LogP contribution >= 0.6 is 63.7 Å². The van der Waals surface area contributed by atoms with E-state index in [0.717, 1.165) is 34.6 Å². The molecule has 2 atom stereocenters. The Morgan fingerprint density at radius 3 is 1.47 bits per heavy atom. The number of aliphatic imine (C=N–C) groups is 2. The summed E-state index contributed by atoms with van der Waals surface area (Å²) in [6.07, 6.45) is 7.55. The van der Waals surface area contributed by atoms with Gasteiger partial charge in [-0.3, -0.25) is 9.98 Å². The molecular formula is C20H18Br4ClMnN2O2-. The van der Waals surface area contributed by atoms with Crippen LogP contribution in [0.15, 0.2) is 52.1 Å². The van der Waals surface area contributed by atoms with Crippen LogP contribution in [0.1, 0.15) is 36.8 Å². The summed E-state index contributed by atoms with van der Waals surface area (Å²) in [5.41, 5.74) is 1.31. The zero-order valence-corrected chi connectivity index (χ0v) is 23.8. The summed E-state index contributed by atoms with van der Waals surface area (Å²) in [6, 6.07) is 7.34. The van der Waals surface area contributed by atoms with E-state index in [-0.39, 0.29) is 53.1 Å². The van der Waals surface area contributed by atoms with Gasteiger partial charge in [-0.1, -0.05) is 44.7 Å². The van der Waals surface area contributed by atoms with E-state index in [1.54, 1.807) is 24.6 Å². The number of phenols is 2. The molecule has 0 unspecified atom stereocenters. The van der Waals surface area contributed by atoms with Crippen LogP contribution in [-0.2, 0) is 17.1 Å². The van der Waals surface area contributed by atoms with Crippen molar-refractivity contribution in [2.45, 2.75) is 37.8 Å². The molecule has 0 aromatic heterocycles. The maximum absolute atomic E-state index is 10.2. The van der Waals surface area contributed by atoms with Crippen LogP contribution in [0, 0.1) is 0 Å². The molecule has 1 radical (unpaired) electrons. The molecule has 2 aromatic rings. The number of rotatable bonds is 4. The van der Waals surface area contributed by atoms with Crippen molar-refractivity contribution < 1.29 is 39.7 Å². The number of hydrogen-bond acceptors (Lipinski definition) is 4. The first kappa shape index (κ1) is 28.1. The summed E-state index contributed by atoms with van der Waals surface area (Å²) in [7, 11) is 0. The van der Waals surface area contributed by atoms with Gasteiger partial charge < -0.3 is 22.6 Å². The predicted molar refractivity (Wildman–Crippen MR) is 128 cm³/mol. The van der Waals surface area contributed by atoms with Crippen molar-refractivity contribution >= 4 is 76.1 Å². The third-order valence-corrected chi connectivity index (χ3v) is 6.74. The zero-order chi connectivity index (χ0) is 20.3. The van der Waals surface area contributed by atoms with E-state index in [0.29, 0.717) is 20.1 Å². The van der Waals surface area contributed by atoms with Crippen LogP contribution in [0.2, 0.25) is 0 Å². The average Bonchev–Trinajstić information content (AvgIpc) is 2.65. The Hall–Kier alpha value is 0.109. The molecule has 4 nitrogen and oxygen atoms in total. The van der Waals surface area contributed by atoms with Crippen molar-refractivity contribution in [1.82, 2.24) is 0 Å². The molecule has 1 aliphatic carbocycles. The van der Waals surface area contributed by atoms with Crippen LogP contribution in [0.5, 0.6) is 11.5 Å². The van der Waals surface area contributed by atoms with Crippen molar-refractivity contribution in [3.05, 3.63) is 53.3 Å². The zero-order valence-electron chi connectivity index (χ0n) is 15.5. The van der Waals surface area contributed by atoms with Crippen molar-refractivity contribution in [1.29, 1.82) is 0 Å². The van der Waals surface area contributed by atoms with Gasteiger partial charge in [-0.2, -0.15) is 0 Å². The molecule has 163 valence electrons. The van der Waals surface area contributed by atoms with Gasteiger partial charge in [0.15, 0.2) is 0 Å². The van der Waals surface area contributed by atoms with Crippen LogP contribution < -0.4 is 12.4 Å². The summed E-state index contributed by atoms with van der Waals surface area (Å²) in [6.45, 7) is 0. The monoisotopic (exact) mass is 724 g/mol. The summed E-state index contributed by atoms with van der Waals surface area (Å²) < 4.78 is 2.98. The van der Waals surface area contributed by atoms with Crippen molar-refractivity contribution in [2.75, 3.05) is 0 Å². The van der Waals surface area contributed by atoms with E-state index in [2.05, 4.69) is 63.7 Å². The summed E-state index contributed by atoms with van der Waals surface area (Å²) >= 11 is 13.6. The predicted octanol–water partition coefficient (Wildman–Crippen LogP) is 4.00. The number of halogens is 5. The fourth-order valence-corrected chi connectivity index (χ4v) is 5.68. The van der Waals surface area contributed by atoms with Crippen LogP contribution in [0.3, 0.4) is 0 Å². The van der Waals surface area contributed by atoms with Gasteiger partial charge in [0.1, 0.15) is 11.5 Å². The molecule has 0 heterocycles. The van der Waals surface area contributed by atoms with E-state index in [9.17, 15) is 10.2 Å². The van der Waals surface area contributed by atoms with Crippen LogP contribution in [-0.4, -0.2) is 34.7 Å². The molecule has 0 aliphatic heterocycles. The van der Waals surface area contributed by atoms with E-state index in [4.69, 9.17) is 9.98 Å². The molecule has 0 spiro atoms. The molecular weight excluding hydrogens is 710 g/mol. The topological polar surface area (TPSA) is 65.2 Å². The molecule has 1 saturated carbocycles. The molecule has 1 fully saturated rings. The fourth-order valence-electron chi connectivity index (χ4n) is 3.16. The Labute approximate surface area is 226 Å². The van der Waals surface area contributed by atoms with Gasteiger partial charge in [0, 0.05) is 49.6 Å². The summed E-state index contributed by atoms with van der Waals surface area (Å²) in [4.78, 5) is 9.45. The van der Waals surface area contributed by atoms with Gasteiger partial charge in [0.05, 0.1) is 21.0 Å². The van der Waals surface area contributed by atoms with Gasteiger partial charge in [-0.25, -0.2) is 0 Å². The first-order chi connectivity index (χ1) is 13.3. The SMILES string of the molecule is Oc1c(Br)cc(Br)cc1C=N[C@@H]1CCCC[C@H]1N=Cc1cc(Br)cc(Br)c1O.[Cl-].[Mn]. The van der Waals surface area contributed by atoms with Gasteiger partial charge in [0.25, 0.3) is 0 Å². The van der Waals surface area contributed by atoms with Crippen LogP contribution in [0.4, 0.5) is 0 Å². The van der Waals surface area contributed by atoms with E-state index < -0.39 is 0 Å². The minimum atomic E-state index is 0. The van der Waals surface area contributed by atoms with E-state index >= 15 is 0 Å². The maximum Gasteiger partial charge on any atom is 0.138 e. The molecule has 2 N–H and O–H groups in total. The molecule has 3 rings (SSSR count). The number of aromatic hydroxyl groups is 2. The number of nitrogens with zero attached hydrogens (tertiary/aromatic N) is 2. The second kappa shape index (κ2) is 13.0. The number of hydrogen-bond donors (Lipinski definition) is 2. The summed E-state index contributed by atoms with van der Waals surface area (Å²) in [5.74, 6) is 0.346. The Bertz CT molecular complexity index is 868. The number of benzene rings is 2. The smallest absolute Gasteiger partial charge is 0.138 e. The standard InChI is InChI=1S/C20H18Br4N2O2.ClH.Mn/c21-13-5-11(19(27)15(23)7-13)9-25-17-3-1-2-4-18(17)26-10-12-6-14(22)8-16(24)20(12)28;;/h5-10,17-18,27-28H,1-4H2;1H;/p-1/t17-,18-;;/m1../s1. The molecule has 0 bridgehead atoms. The second-order valence-electron chi connectivity index (χ2n) is 6.63. The Balaban J connectivity index is 0.00000225. The molecule has 10 heteroatoms. The van der Waals surface area contributed by atoms with Gasteiger partial charge in [-0.05, 0) is 69.0 Å². The van der Waals surface area contributed by atoms with Gasteiger partial charge in [0.2, 0.25) is 0 Å². The first-order valence-corrected chi connectivity index (χ1v) is 11.9. The third-order valence-electron chi connectivity index (χ3n) is 4.62. The fraction of sp³-hybridized carbons (Fsp3) is 0.300. The minimum Gasteiger partial charge on any atom is -1.00 e. The Kier molecular flexibility index (Phi) is 12.2. The largest absolute Gasteiger partial charge is 1.00 e. The molecule has 0 amide bonds. The minimum absolute atomic E-state index is 0. The average molecular weight is 728 g/mol. The first-order valence-electron chi connectivity index (χ1n) is 8.77. The third kappa shape index (κ3) is 7.32. The molecule has 2 aromatic carbocycles. The molecule has 30 heavy (non-hydrogen) atoms. The van der Waals surface area contributed by atoms with Crippen molar-refractivity contribution in [3.8, 4) is 11.5 Å². The van der Waals surface area contributed by atoms with Crippen LogP contribution in [0.25, 0.3) is 0 Å². The van der Waals surface area contributed by atoms with E-state index in [1.165, 1.54) is 0 Å². The summed E-state index contributed by atoms with van der Waals surface area (Å²) in [5, 5.41) is 20.5. The second-order valence-corrected chi connectivity index (χ2v) is 10.2. The number of phenolic OH excluding ortho intramolecular Hbond substituents is 2. The van der Waals surface area contributed by atoms with Gasteiger partial charge in [-0.15, -0.1) is 0 Å². The van der Waals surface area contributed by atoms with Crippen molar-refractivity contribution in [2.24, 2.45) is 9.98 Å². The quantitative estimate of drug-likeness (QED) is 0.370. The Morgan fingerprint density at radius 2 is 1.10 bits per heavy atom. The normalized spacial score (nSPS) is 18.9. The molecule has 0 saturated heterocycles. The Morgan fingerprint density at radius 1 is 0.733 bits per heavy atom. The molecule has 1 aliphatic rings. The van der Waals surface area contributed by atoms with E-state index in [1.807, 2.05) is 12.1 Å². The van der Waals surface area contributed by atoms with Gasteiger partial charge >= 0.3 is 0 Å². The maximum atomic E-state index is 10.2. The van der Waals surface area contributed by atoms with Crippen molar-refractivity contribution in [3.63, 3.8) is 0 Å².